The average Bonchev–Trinajstić information content (AvgIpc) is 3.03. The van der Waals surface area contributed by atoms with E-state index in [1.54, 1.807) is 0 Å². The molecule has 3 aromatic rings. The summed E-state index contributed by atoms with van der Waals surface area (Å²) < 4.78 is 0. The van der Waals surface area contributed by atoms with E-state index >= 15 is 0 Å². The number of nitrogens with one attached hydrogen (secondary N) is 2. The number of halogens is 2. The van der Waals surface area contributed by atoms with Crippen LogP contribution < -0.4 is 5.32 Å². The SMILES string of the molecule is Clc1cccc2c1CC(c1c[nH]c3cccc(Cl)c13)N2. The third kappa shape index (κ3) is 1.72. The van der Waals surface area contributed by atoms with Crippen molar-refractivity contribution in [2.24, 2.45) is 0 Å². The molecule has 1 atom stereocenters. The van der Waals surface area contributed by atoms with Crippen LogP contribution in [-0.2, 0) is 6.42 Å². The number of fused-ring (bicyclic) bond motifs is 2. The number of anilines is 1. The quantitative estimate of drug-likeness (QED) is 0.636. The Bertz CT molecular complexity index is 807. The first-order valence-electron chi connectivity index (χ1n) is 6.53. The van der Waals surface area contributed by atoms with E-state index in [0.29, 0.717) is 0 Å². The van der Waals surface area contributed by atoms with Gasteiger partial charge in [-0.15, -0.1) is 0 Å². The topological polar surface area (TPSA) is 27.8 Å². The molecule has 0 spiro atoms. The highest BCUT2D eigenvalue weighted by Crippen LogP contribution is 2.41. The van der Waals surface area contributed by atoms with E-state index in [2.05, 4.69) is 16.4 Å². The van der Waals surface area contributed by atoms with Crippen molar-refractivity contribution in [3.05, 3.63) is 63.8 Å². The van der Waals surface area contributed by atoms with Crippen LogP contribution in [0.3, 0.4) is 0 Å². The molecule has 2 aromatic carbocycles. The summed E-state index contributed by atoms with van der Waals surface area (Å²) in [5.41, 5.74) is 4.55. The van der Waals surface area contributed by atoms with E-state index in [9.17, 15) is 0 Å². The summed E-state index contributed by atoms with van der Waals surface area (Å²) in [7, 11) is 0. The third-order valence-corrected chi connectivity index (χ3v) is 4.59. The molecule has 0 saturated heterocycles. The lowest BCUT2D eigenvalue weighted by Crippen LogP contribution is -2.04. The monoisotopic (exact) mass is 302 g/mol. The van der Waals surface area contributed by atoms with E-state index < -0.39 is 0 Å². The normalized spacial score (nSPS) is 17.2. The summed E-state index contributed by atoms with van der Waals surface area (Å²) in [5.74, 6) is 0. The van der Waals surface area contributed by atoms with Crippen LogP contribution in [-0.4, -0.2) is 4.98 Å². The van der Waals surface area contributed by atoms with Crippen LogP contribution in [0.1, 0.15) is 17.2 Å². The molecule has 2 heterocycles. The first-order valence-corrected chi connectivity index (χ1v) is 7.29. The van der Waals surface area contributed by atoms with Crippen LogP contribution in [0.4, 0.5) is 5.69 Å². The van der Waals surface area contributed by atoms with Crippen molar-refractivity contribution < 1.29 is 0 Å². The van der Waals surface area contributed by atoms with E-state index in [1.165, 1.54) is 11.1 Å². The number of hydrogen-bond acceptors (Lipinski definition) is 1. The Hall–Kier alpha value is -1.64. The van der Waals surface area contributed by atoms with Gasteiger partial charge in [0.1, 0.15) is 0 Å². The zero-order chi connectivity index (χ0) is 13.7. The van der Waals surface area contributed by atoms with Crippen molar-refractivity contribution >= 4 is 39.8 Å². The van der Waals surface area contributed by atoms with Gasteiger partial charge in [0.2, 0.25) is 0 Å². The van der Waals surface area contributed by atoms with E-state index in [-0.39, 0.29) is 6.04 Å². The van der Waals surface area contributed by atoms with E-state index in [4.69, 9.17) is 23.2 Å². The molecule has 1 aliphatic heterocycles. The number of rotatable bonds is 1. The van der Waals surface area contributed by atoms with Crippen molar-refractivity contribution in [1.29, 1.82) is 0 Å². The number of aromatic amines is 1. The number of aromatic nitrogens is 1. The minimum atomic E-state index is 0.207. The van der Waals surface area contributed by atoms with Gasteiger partial charge in [0.15, 0.2) is 0 Å². The zero-order valence-electron chi connectivity index (χ0n) is 10.6. The van der Waals surface area contributed by atoms with Crippen LogP contribution in [0.25, 0.3) is 10.9 Å². The Morgan fingerprint density at radius 1 is 1.00 bits per heavy atom. The van der Waals surface area contributed by atoms with Crippen molar-refractivity contribution in [3.63, 3.8) is 0 Å². The largest absolute Gasteiger partial charge is 0.378 e. The van der Waals surface area contributed by atoms with Crippen molar-refractivity contribution in [3.8, 4) is 0 Å². The lowest BCUT2D eigenvalue weighted by atomic mass is 10.0. The summed E-state index contributed by atoms with van der Waals surface area (Å²) in [6.07, 6.45) is 2.92. The maximum Gasteiger partial charge on any atom is 0.0577 e. The molecule has 0 radical (unpaired) electrons. The standard InChI is InChI=1S/C16H12Cl2N2/c17-11-3-1-5-13-9(11)7-15(20-13)10-8-19-14-6-2-4-12(18)16(10)14/h1-6,8,15,19-20H,7H2. The summed E-state index contributed by atoms with van der Waals surface area (Å²) in [5, 5.41) is 6.23. The lowest BCUT2D eigenvalue weighted by molar-refractivity contribution is 0.832. The van der Waals surface area contributed by atoms with Gasteiger partial charge in [-0.2, -0.15) is 0 Å². The maximum absolute atomic E-state index is 6.35. The predicted octanol–water partition coefficient (Wildman–Crippen LogP) is 5.18. The summed E-state index contributed by atoms with van der Waals surface area (Å²) >= 11 is 12.6. The van der Waals surface area contributed by atoms with Gasteiger partial charge in [0.25, 0.3) is 0 Å². The molecule has 2 nitrogen and oxygen atoms in total. The first kappa shape index (κ1) is 12.1. The Morgan fingerprint density at radius 3 is 2.65 bits per heavy atom. The second-order valence-corrected chi connectivity index (χ2v) is 5.89. The minimum absolute atomic E-state index is 0.207. The Kier molecular flexibility index (Phi) is 2.69. The van der Waals surface area contributed by atoms with Crippen molar-refractivity contribution in [1.82, 2.24) is 4.98 Å². The van der Waals surface area contributed by atoms with Crippen molar-refractivity contribution in [2.45, 2.75) is 12.5 Å². The molecule has 1 aromatic heterocycles. The Balaban J connectivity index is 1.82. The molecule has 2 N–H and O–H groups in total. The Morgan fingerprint density at radius 2 is 1.80 bits per heavy atom. The van der Waals surface area contributed by atoms with Gasteiger partial charge in [-0.25, -0.2) is 0 Å². The molecule has 0 bridgehead atoms. The second kappa shape index (κ2) is 4.44. The summed E-state index contributed by atoms with van der Waals surface area (Å²) in [6.45, 7) is 0. The molecule has 0 saturated carbocycles. The molecule has 1 aliphatic rings. The molecular formula is C16H12Cl2N2. The van der Waals surface area contributed by atoms with E-state index in [1.807, 2.05) is 36.5 Å². The Labute approximate surface area is 126 Å². The van der Waals surface area contributed by atoms with Crippen LogP contribution in [0, 0.1) is 0 Å². The number of hydrogen-bond donors (Lipinski definition) is 2. The molecule has 4 heteroatoms. The number of benzene rings is 2. The fraction of sp³-hybridized carbons (Fsp3) is 0.125. The van der Waals surface area contributed by atoms with Gasteiger partial charge in [0, 0.05) is 39.8 Å². The van der Waals surface area contributed by atoms with Crippen molar-refractivity contribution in [2.75, 3.05) is 5.32 Å². The molecule has 100 valence electrons. The second-order valence-electron chi connectivity index (χ2n) is 5.07. The van der Waals surface area contributed by atoms with Gasteiger partial charge in [-0.1, -0.05) is 35.3 Å². The predicted molar refractivity (Wildman–Crippen MR) is 84.8 cm³/mol. The van der Waals surface area contributed by atoms with Gasteiger partial charge < -0.3 is 10.3 Å². The van der Waals surface area contributed by atoms with Crippen LogP contribution in [0.5, 0.6) is 0 Å². The fourth-order valence-corrected chi connectivity index (χ4v) is 3.51. The summed E-state index contributed by atoms with van der Waals surface area (Å²) in [6, 6.07) is 12.1. The van der Waals surface area contributed by atoms with Crippen LogP contribution >= 0.6 is 23.2 Å². The highest BCUT2D eigenvalue weighted by molar-refractivity contribution is 6.35. The third-order valence-electron chi connectivity index (χ3n) is 3.92. The molecule has 4 rings (SSSR count). The molecule has 0 fully saturated rings. The smallest absolute Gasteiger partial charge is 0.0577 e. The molecule has 0 aliphatic carbocycles. The average molecular weight is 303 g/mol. The van der Waals surface area contributed by atoms with Crippen LogP contribution in [0.15, 0.2) is 42.6 Å². The number of H-pyrrole nitrogens is 1. The zero-order valence-corrected chi connectivity index (χ0v) is 12.1. The van der Waals surface area contributed by atoms with Gasteiger partial charge >= 0.3 is 0 Å². The minimum Gasteiger partial charge on any atom is -0.378 e. The van der Waals surface area contributed by atoms with Gasteiger partial charge in [-0.05, 0) is 29.8 Å². The highest BCUT2D eigenvalue weighted by Gasteiger charge is 2.26. The van der Waals surface area contributed by atoms with E-state index in [0.717, 1.165) is 33.1 Å². The summed E-state index contributed by atoms with van der Waals surface area (Å²) in [4.78, 5) is 3.29. The fourth-order valence-electron chi connectivity index (χ4n) is 2.97. The molecule has 1 unspecified atom stereocenters. The first-order chi connectivity index (χ1) is 9.74. The van der Waals surface area contributed by atoms with Gasteiger partial charge in [0.05, 0.1) is 11.1 Å². The van der Waals surface area contributed by atoms with Gasteiger partial charge in [-0.3, -0.25) is 0 Å². The molecule has 0 amide bonds. The lowest BCUT2D eigenvalue weighted by Gasteiger charge is -2.10. The maximum atomic E-state index is 6.35. The molecule has 20 heavy (non-hydrogen) atoms. The molecular weight excluding hydrogens is 291 g/mol. The highest BCUT2D eigenvalue weighted by atomic mass is 35.5. The van der Waals surface area contributed by atoms with Crippen LogP contribution in [0.2, 0.25) is 10.0 Å².